The van der Waals surface area contributed by atoms with Crippen LogP contribution in [0.2, 0.25) is 0 Å². The number of carbonyl (C=O) groups excluding carboxylic acids is 1. The Bertz CT molecular complexity index is 981. The van der Waals surface area contributed by atoms with Crippen molar-refractivity contribution in [3.05, 3.63) is 59.2 Å². The second-order valence-corrected chi connectivity index (χ2v) is 7.19. The molecule has 3 aromatic rings. The normalized spacial score (nSPS) is 16.5. The average molecular weight is 365 g/mol. The third-order valence-corrected chi connectivity index (χ3v) is 4.96. The average Bonchev–Trinajstić information content (AvgIpc) is 3.15. The van der Waals surface area contributed by atoms with Crippen molar-refractivity contribution in [1.82, 2.24) is 24.5 Å². The van der Waals surface area contributed by atoms with E-state index in [-0.39, 0.29) is 17.9 Å². The van der Waals surface area contributed by atoms with E-state index in [9.17, 15) is 4.79 Å². The van der Waals surface area contributed by atoms with Gasteiger partial charge in [0, 0.05) is 12.7 Å². The van der Waals surface area contributed by atoms with Crippen LogP contribution in [-0.4, -0.2) is 50.6 Å². The van der Waals surface area contributed by atoms with Gasteiger partial charge < -0.3 is 9.64 Å². The first kappa shape index (κ1) is 17.6. The Hall–Kier alpha value is -2.80. The van der Waals surface area contributed by atoms with Crippen LogP contribution in [0.1, 0.15) is 53.2 Å². The number of aromatic nitrogens is 4. The molecule has 1 amide bonds. The van der Waals surface area contributed by atoms with Gasteiger partial charge in [-0.1, -0.05) is 38.1 Å². The van der Waals surface area contributed by atoms with Crippen LogP contribution in [0.5, 0.6) is 0 Å². The van der Waals surface area contributed by atoms with Gasteiger partial charge in [0.05, 0.1) is 13.2 Å². The molecule has 27 heavy (non-hydrogen) atoms. The van der Waals surface area contributed by atoms with Gasteiger partial charge in [0.1, 0.15) is 18.1 Å². The summed E-state index contributed by atoms with van der Waals surface area (Å²) in [4.78, 5) is 23.5. The van der Waals surface area contributed by atoms with E-state index < -0.39 is 0 Å². The molecule has 0 bridgehead atoms. The zero-order valence-electron chi connectivity index (χ0n) is 15.8. The molecule has 0 N–H and O–H groups in total. The quantitative estimate of drug-likeness (QED) is 0.711. The summed E-state index contributed by atoms with van der Waals surface area (Å²) >= 11 is 0. The third kappa shape index (κ3) is 3.30. The fraction of sp³-hybridized carbons (Fsp3) is 0.400. The van der Waals surface area contributed by atoms with E-state index >= 15 is 0 Å². The van der Waals surface area contributed by atoms with Crippen LogP contribution in [-0.2, 0) is 11.2 Å². The zero-order chi connectivity index (χ0) is 19.0. The van der Waals surface area contributed by atoms with Gasteiger partial charge in [-0.3, -0.25) is 4.79 Å². The molecule has 0 saturated carbocycles. The summed E-state index contributed by atoms with van der Waals surface area (Å²) < 4.78 is 7.45. The van der Waals surface area contributed by atoms with E-state index in [1.54, 1.807) is 18.0 Å². The molecule has 0 spiro atoms. The molecule has 2 aromatic heterocycles. The Morgan fingerprint density at radius 3 is 3.00 bits per heavy atom. The first-order valence-corrected chi connectivity index (χ1v) is 9.20. The minimum absolute atomic E-state index is 0.124. The molecule has 0 radical (unpaired) electrons. The summed E-state index contributed by atoms with van der Waals surface area (Å²) in [6.45, 7) is 5.23. The molecule has 7 heteroatoms. The SMILES string of the molecule is CC(C)c1cc(C(=O)N(C)C[C@H]2OCCc3ccccc32)n2ncnc2n1. The van der Waals surface area contributed by atoms with Crippen LogP contribution in [0.15, 0.2) is 36.7 Å². The summed E-state index contributed by atoms with van der Waals surface area (Å²) in [6, 6.07) is 10.1. The van der Waals surface area contributed by atoms with Gasteiger partial charge in [0.15, 0.2) is 0 Å². The molecule has 1 atom stereocenters. The Labute approximate surface area is 158 Å². The van der Waals surface area contributed by atoms with Crippen LogP contribution in [0, 0.1) is 0 Å². The van der Waals surface area contributed by atoms with Crippen LogP contribution in [0.4, 0.5) is 0 Å². The maximum atomic E-state index is 13.2. The number of nitrogens with zero attached hydrogens (tertiary/aromatic N) is 5. The Morgan fingerprint density at radius 1 is 1.37 bits per heavy atom. The lowest BCUT2D eigenvalue weighted by Gasteiger charge is -2.29. The lowest BCUT2D eigenvalue weighted by atomic mass is 9.97. The molecule has 1 aliphatic rings. The van der Waals surface area contributed by atoms with Crippen molar-refractivity contribution in [3.63, 3.8) is 0 Å². The van der Waals surface area contributed by atoms with Gasteiger partial charge in [-0.05, 0) is 29.5 Å². The van der Waals surface area contributed by atoms with E-state index in [1.165, 1.54) is 16.4 Å². The lowest BCUT2D eigenvalue weighted by molar-refractivity contribution is 0.0197. The molecule has 0 aliphatic carbocycles. The molecule has 140 valence electrons. The van der Waals surface area contributed by atoms with Crippen molar-refractivity contribution in [1.29, 1.82) is 0 Å². The zero-order valence-corrected chi connectivity index (χ0v) is 15.8. The number of hydrogen-bond acceptors (Lipinski definition) is 5. The Kier molecular flexibility index (Phi) is 4.61. The van der Waals surface area contributed by atoms with Gasteiger partial charge in [-0.25, -0.2) is 4.98 Å². The number of carbonyl (C=O) groups is 1. The smallest absolute Gasteiger partial charge is 0.272 e. The number of amides is 1. The highest BCUT2D eigenvalue weighted by molar-refractivity contribution is 5.93. The number of hydrogen-bond donors (Lipinski definition) is 0. The minimum atomic E-state index is -0.124. The van der Waals surface area contributed by atoms with Gasteiger partial charge in [0.2, 0.25) is 0 Å². The van der Waals surface area contributed by atoms with E-state index in [4.69, 9.17) is 4.74 Å². The highest BCUT2D eigenvalue weighted by Gasteiger charge is 2.26. The standard InChI is InChI=1S/C20H23N5O2/c1-13(2)16-10-17(25-20(23-16)21-12-22-25)19(26)24(3)11-18-15-7-5-4-6-14(15)8-9-27-18/h4-7,10,12-13,18H,8-9,11H2,1-3H3/t18-/m1/s1. The third-order valence-electron chi connectivity index (χ3n) is 4.96. The highest BCUT2D eigenvalue weighted by atomic mass is 16.5. The number of benzene rings is 1. The van der Waals surface area contributed by atoms with Crippen LogP contribution >= 0.6 is 0 Å². The summed E-state index contributed by atoms with van der Waals surface area (Å²) in [7, 11) is 1.79. The first-order chi connectivity index (χ1) is 13.0. The molecule has 3 heterocycles. The van der Waals surface area contributed by atoms with Crippen molar-refractivity contribution < 1.29 is 9.53 Å². The molecule has 4 rings (SSSR count). The molecule has 7 nitrogen and oxygen atoms in total. The molecular formula is C20H23N5O2. The van der Waals surface area contributed by atoms with E-state index in [1.807, 2.05) is 26.0 Å². The Balaban J connectivity index is 1.62. The number of ether oxygens (including phenoxy) is 1. The van der Waals surface area contributed by atoms with Gasteiger partial charge in [-0.15, -0.1) is 0 Å². The monoisotopic (exact) mass is 365 g/mol. The van der Waals surface area contributed by atoms with E-state index in [0.717, 1.165) is 17.7 Å². The second kappa shape index (κ2) is 7.08. The highest BCUT2D eigenvalue weighted by Crippen LogP contribution is 2.28. The van der Waals surface area contributed by atoms with Crippen molar-refractivity contribution in [2.45, 2.75) is 32.3 Å². The molecule has 0 saturated heterocycles. The van der Waals surface area contributed by atoms with Crippen molar-refractivity contribution in [2.75, 3.05) is 20.2 Å². The summed E-state index contributed by atoms with van der Waals surface area (Å²) in [5.74, 6) is 0.510. The van der Waals surface area contributed by atoms with Crippen LogP contribution in [0.25, 0.3) is 5.78 Å². The minimum Gasteiger partial charge on any atom is -0.371 e. The summed E-state index contributed by atoms with van der Waals surface area (Å²) in [5, 5.41) is 4.17. The van der Waals surface area contributed by atoms with Crippen molar-refractivity contribution in [2.24, 2.45) is 0 Å². The van der Waals surface area contributed by atoms with Crippen LogP contribution < -0.4 is 0 Å². The summed E-state index contributed by atoms with van der Waals surface area (Å²) in [5.41, 5.74) is 3.74. The maximum absolute atomic E-state index is 13.2. The predicted octanol–water partition coefficient (Wildman–Crippen LogP) is 2.63. The van der Waals surface area contributed by atoms with Gasteiger partial charge >= 0.3 is 0 Å². The second-order valence-electron chi connectivity index (χ2n) is 7.19. The largest absolute Gasteiger partial charge is 0.371 e. The molecular weight excluding hydrogens is 342 g/mol. The molecule has 0 unspecified atom stereocenters. The van der Waals surface area contributed by atoms with Crippen molar-refractivity contribution in [3.8, 4) is 0 Å². The lowest BCUT2D eigenvalue weighted by Crippen LogP contribution is -2.35. The number of fused-ring (bicyclic) bond motifs is 2. The maximum Gasteiger partial charge on any atom is 0.272 e. The topological polar surface area (TPSA) is 72.6 Å². The number of likely N-dealkylation sites (N-methyl/N-ethyl adjacent to an activating group) is 1. The van der Waals surface area contributed by atoms with E-state index in [2.05, 4.69) is 27.2 Å². The predicted molar refractivity (Wildman–Crippen MR) is 101 cm³/mol. The summed E-state index contributed by atoms with van der Waals surface area (Å²) in [6.07, 6.45) is 2.21. The van der Waals surface area contributed by atoms with Crippen LogP contribution in [0.3, 0.4) is 0 Å². The molecule has 1 aliphatic heterocycles. The molecule has 1 aromatic carbocycles. The van der Waals surface area contributed by atoms with E-state index in [0.29, 0.717) is 24.6 Å². The Morgan fingerprint density at radius 2 is 2.19 bits per heavy atom. The number of rotatable bonds is 4. The first-order valence-electron chi connectivity index (χ1n) is 9.20. The van der Waals surface area contributed by atoms with Gasteiger partial charge in [0.25, 0.3) is 11.7 Å². The van der Waals surface area contributed by atoms with Crippen molar-refractivity contribution >= 4 is 11.7 Å². The fourth-order valence-electron chi connectivity index (χ4n) is 3.43. The van der Waals surface area contributed by atoms with Gasteiger partial charge in [-0.2, -0.15) is 14.6 Å². The molecule has 0 fully saturated rings. The fourth-order valence-corrected chi connectivity index (χ4v) is 3.43.